The molecule has 0 aromatic carbocycles. The minimum absolute atomic E-state index is 0.353. The van der Waals surface area contributed by atoms with Gasteiger partial charge in [-0.05, 0) is 32.4 Å². The maximum Gasteiger partial charge on any atom is 0.157 e. The molecule has 92 valence electrons. The van der Waals surface area contributed by atoms with Crippen molar-refractivity contribution >= 4 is 22.4 Å². The molecule has 1 aromatic rings. The fraction of sp³-hybridized carbons (Fsp3) is 0.636. The molecule has 5 nitrogen and oxygen atoms in total. The Hall–Kier alpha value is -1.32. The number of hydrogen-bond acceptors (Lipinski definition) is 6. The van der Waals surface area contributed by atoms with Crippen LogP contribution in [-0.4, -0.2) is 41.5 Å². The Morgan fingerprint density at radius 2 is 2.00 bits per heavy atom. The van der Waals surface area contributed by atoms with Gasteiger partial charge in [-0.2, -0.15) is 9.64 Å². The second-order valence-electron chi connectivity index (χ2n) is 4.63. The highest BCUT2D eigenvalue weighted by molar-refractivity contribution is 7.10. The summed E-state index contributed by atoms with van der Waals surface area (Å²) in [6.45, 7) is 6.21. The fourth-order valence-electron chi connectivity index (χ4n) is 2.18. The molecule has 1 aliphatic heterocycles. The van der Waals surface area contributed by atoms with E-state index in [2.05, 4.69) is 41.1 Å². The van der Waals surface area contributed by atoms with Gasteiger partial charge in [0.15, 0.2) is 5.82 Å². The van der Waals surface area contributed by atoms with Crippen LogP contribution in [0.4, 0.5) is 10.8 Å². The topological polar surface area (TPSA) is 69.2 Å². The predicted molar refractivity (Wildman–Crippen MR) is 70.1 cm³/mol. The summed E-state index contributed by atoms with van der Waals surface area (Å²) in [6.07, 6.45) is 0. The first-order valence-corrected chi connectivity index (χ1v) is 6.44. The van der Waals surface area contributed by atoms with Crippen molar-refractivity contribution in [1.82, 2.24) is 9.27 Å². The van der Waals surface area contributed by atoms with Gasteiger partial charge >= 0.3 is 0 Å². The van der Waals surface area contributed by atoms with Crippen LogP contribution in [0.1, 0.15) is 19.4 Å². The summed E-state index contributed by atoms with van der Waals surface area (Å²) in [6, 6.07) is 3.08. The second kappa shape index (κ2) is 4.51. The lowest BCUT2D eigenvalue weighted by Crippen LogP contribution is -2.55. The molecule has 2 rings (SSSR count). The van der Waals surface area contributed by atoms with E-state index in [1.807, 2.05) is 0 Å². The molecule has 1 saturated heterocycles. The van der Waals surface area contributed by atoms with Crippen LogP contribution in [-0.2, 0) is 0 Å². The molecule has 2 N–H and O–H groups in total. The van der Waals surface area contributed by atoms with Crippen LogP contribution in [0.2, 0.25) is 0 Å². The average Bonchev–Trinajstić information content (AvgIpc) is 2.66. The first-order chi connectivity index (χ1) is 8.04. The third-order valence-corrected chi connectivity index (χ3v) is 4.38. The van der Waals surface area contributed by atoms with Gasteiger partial charge in [0.2, 0.25) is 0 Å². The minimum atomic E-state index is 0.353. The van der Waals surface area contributed by atoms with E-state index in [-0.39, 0.29) is 0 Å². The van der Waals surface area contributed by atoms with Crippen molar-refractivity contribution in [2.45, 2.75) is 25.9 Å². The van der Waals surface area contributed by atoms with Crippen LogP contribution in [0, 0.1) is 11.3 Å². The number of hydrogen-bond donors (Lipinski definition) is 1. The van der Waals surface area contributed by atoms with Gasteiger partial charge in [0.1, 0.15) is 16.6 Å². The van der Waals surface area contributed by atoms with E-state index >= 15 is 0 Å². The Kier molecular flexibility index (Phi) is 3.22. The lowest BCUT2D eigenvalue weighted by molar-refractivity contribution is 0.170. The Morgan fingerprint density at radius 1 is 1.41 bits per heavy atom. The largest absolute Gasteiger partial charge is 0.382 e. The molecule has 1 aromatic heterocycles. The van der Waals surface area contributed by atoms with Crippen molar-refractivity contribution in [2.75, 3.05) is 30.8 Å². The van der Waals surface area contributed by atoms with E-state index < -0.39 is 0 Å². The van der Waals surface area contributed by atoms with Gasteiger partial charge in [0.25, 0.3) is 0 Å². The van der Waals surface area contributed by atoms with Crippen molar-refractivity contribution in [3.63, 3.8) is 0 Å². The van der Waals surface area contributed by atoms with E-state index in [1.165, 1.54) is 11.5 Å². The molecule has 0 spiro atoms. The van der Waals surface area contributed by atoms with E-state index in [1.54, 1.807) is 0 Å². The number of piperazine rings is 1. The molecule has 2 atom stereocenters. The number of nitrogens with zero attached hydrogens (tertiary/aromatic N) is 4. The van der Waals surface area contributed by atoms with Crippen molar-refractivity contribution in [3.8, 4) is 6.07 Å². The molecule has 0 amide bonds. The summed E-state index contributed by atoms with van der Waals surface area (Å²) >= 11 is 1.32. The van der Waals surface area contributed by atoms with Gasteiger partial charge in [-0.3, -0.25) is 4.90 Å². The molecule has 17 heavy (non-hydrogen) atoms. The van der Waals surface area contributed by atoms with Gasteiger partial charge in [-0.15, -0.1) is 0 Å². The van der Waals surface area contributed by atoms with Crippen LogP contribution < -0.4 is 10.6 Å². The zero-order valence-electron chi connectivity index (χ0n) is 10.3. The molecule has 2 heterocycles. The number of aromatic nitrogens is 1. The molecule has 1 aliphatic rings. The van der Waals surface area contributed by atoms with Crippen LogP contribution in [0.15, 0.2) is 0 Å². The highest BCUT2D eigenvalue weighted by atomic mass is 32.1. The smallest absolute Gasteiger partial charge is 0.157 e. The van der Waals surface area contributed by atoms with Crippen LogP contribution in [0.5, 0.6) is 0 Å². The monoisotopic (exact) mass is 251 g/mol. The average molecular weight is 251 g/mol. The zero-order valence-corrected chi connectivity index (χ0v) is 11.2. The molecule has 0 bridgehead atoms. The summed E-state index contributed by atoms with van der Waals surface area (Å²) < 4.78 is 4.07. The van der Waals surface area contributed by atoms with Crippen LogP contribution in [0.3, 0.4) is 0 Å². The number of nitriles is 1. The molecular formula is C11H17N5S. The first-order valence-electron chi connectivity index (χ1n) is 5.66. The van der Waals surface area contributed by atoms with Gasteiger partial charge in [0, 0.05) is 25.2 Å². The Labute approximate surface area is 106 Å². The van der Waals surface area contributed by atoms with Crippen molar-refractivity contribution in [2.24, 2.45) is 0 Å². The highest BCUT2D eigenvalue weighted by Gasteiger charge is 2.29. The highest BCUT2D eigenvalue weighted by Crippen LogP contribution is 2.32. The van der Waals surface area contributed by atoms with Crippen molar-refractivity contribution in [3.05, 3.63) is 5.56 Å². The summed E-state index contributed by atoms with van der Waals surface area (Å²) in [4.78, 5) is 4.58. The van der Waals surface area contributed by atoms with Gasteiger partial charge in [0.05, 0.1) is 0 Å². The number of nitrogen functional groups attached to an aromatic ring is 1. The summed E-state index contributed by atoms with van der Waals surface area (Å²) in [7, 11) is 2.14. The quantitative estimate of drug-likeness (QED) is 0.810. The third-order valence-electron chi connectivity index (χ3n) is 3.46. The molecule has 2 unspecified atom stereocenters. The zero-order chi connectivity index (χ0) is 12.6. The normalized spacial score (nSPS) is 25.9. The van der Waals surface area contributed by atoms with Crippen LogP contribution >= 0.6 is 11.5 Å². The minimum Gasteiger partial charge on any atom is -0.382 e. The molecule has 6 heteroatoms. The van der Waals surface area contributed by atoms with Crippen molar-refractivity contribution < 1.29 is 0 Å². The van der Waals surface area contributed by atoms with E-state index in [4.69, 9.17) is 11.0 Å². The van der Waals surface area contributed by atoms with Gasteiger partial charge in [-0.1, -0.05) is 0 Å². The van der Waals surface area contributed by atoms with Crippen molar-refractivity contribution in [1.29, 1.82) is 5.26 Å². The predicted octanol–water partition coefficient (Wildman–Crippen LogP) is 1.13. The number of nitrogens with two attached hydrogens (primary N) is 1. The number of anilines is 2. The number of likely N-dealkylation sites (N-methyl/N-ethyl adjacent to an activating group) is 1. The molecule has 0 saturated carbocycles. The maximum absolute atomic E-state index is 9.10. The molecule has 0 aliphatic carbocycles. The molecule has 0 radical (unpaired) electrons. The van der Waals surface area contributed by atoms with E-state index in [0.717, 1.165) is 18.1 Å². The Balaban J connectivity index is 2.26. The third kappa shape index (κ3) is 2.08. The Morgan fingerprint density at radius 3 is 2.53 bits per heavy atom. The van der Waals surface area contributed by atoms with E-state index in [9.17, 15) is 0 Å². The summed E-state index contributed by atoms with van der Waals surface area (Å²) in [5.41, 5.74) is 6.22. The molecular weight excluding hydrogens is 234 g/mol. The molecule has 1 fully saturated rings. The second-order valence-corrected chi connectivity index (χ2v) is 5.38. The van der Waals surface area contributed by atoms with Gasteiger partial charge in [-0.25, -0.2) is 0 Å². The maximum atomic E-state index is 9.10. The summed E-state index contributed by atoms with van der Waals surface area (Å²) in [5.74, 6) is 0.353. The lowest BCUT2D eigenvalue weighted by atomic mass is 10.1. The van der Waals surface area contributed by atoms with E-state index in [0.29, 0.717) is 23.5 Å². The fourth-order valence-corrected chi connectivity index (χ4v) is 2.97. The standard InChI is InChI=1S/C11H17N5S/c1-7-5-16(6-8(2)15(7)3)11-9(4-12)10(13)14-17-11/h7-8H,5-6H2,1-3H3,(H2,13,14). The van der Waals surface area contributed by atoms with Crippen LogP contribution in [0.25, 0.3) is 0 Å². The first kappa shape index (κ1) is 12.1. The Bertz CT molecular complexity index is 437. The SMILES string of the molecule is CC1CN(c2snc(N)c2C#N)CC(C)N1C. The number of rotatable bonds is 1. The van der Waals surface area contributed by atoms with Gasteiger partial charge < -0.3 is 10.6 Å². The summed E-state index contributed by atoms with van der Waals surface area (Å²) in [5, 5.41) is 10.0. The lowest BCUT2D eigenvalue weighted by Gasteiger charge is -2.42.